The molecule has 0 aliphatic rings. The molecular formula is C15H10FN3O2. The van der Waals surface area contributed by atoms with Crippen molar-refractivity contribution in [3.8, 4) is 6.07 Å². The zero-order valence-electron chi connectivity index (χ0n) is 10.8. The van der Waals surface area contributed by atoms with Crippen LogP contribution in [-0.4, -0.2) is 4.57 Å². The summed E-state index contributed by atoms with van der Waals surface area (Å²) in [4.78, 5) is 11.9. The summed E-state index contributed by atoms with van der Waals surface area (Å²) >= 11 is 0. The van der Waals surface area contributed by atoms with Gasteiger partial charge in [0.05, 0.1) is 17.6 Å². The van der Waals surface area contributed by atoms with Crippen LogP contribution in [0.1, 0.15) is 11.1 Å². The highest BCUT2D eigenvalue weighted by atomic mass is 19.1. The monoisotopic (exact) mass is 283 g/mol. The Morgan fingerprint density at radius 3 is 2.90 bits per heavy atom. The highest BCUT2D eigenvalue weighted by Crippen LogP contribution is 2.19. The Bertz CT molecular complexity index is 934. The van der Waals surface area contributed by atoms with Crippen molar-refractivity contribution in [2.24, 2.45) is 0 Å². The Morgan fingerprint density at radius 1 is 1.33 bits per heavy atom. The van der Waals surface area contributed by atoms with E-state index in [4.69, 9.17) is 15.4 Å². The fourth-order valence-electron chi connectivity index (χ4n) is 2.19. The van der Waals surface area contributed by atoms with Crippen LogP contribution in [0.5, 0.6) is 0 Å². The van der Waals surface area contributed by atoms with Crippen molar-refractivity contribution in [3.05, 3.63) is 63.9 Å². The average Bonchev–Trinajstić information content (AvgIpc) is 2.76. The second-order valence-electron chi connectivity index (χ2n) is 4.57. The van der Waals surface area contributed by atoms with Crippen LogP contribution in [-0.2, 0) is 6.54 Å². The van der Waals surface area contributed by atoms with E-state index in [0.717, 1.165) is 0 Å². The lowest BCUT2D eigenvalue weighted by molar-refractivity contribution is 0.512. The Balaban J connectivity index is 2.13. The summed E-state index contributed by atoms with van der Waals surface area (Å²) < 4.78 is 20.5. The lowest BCUT2D eigenvalue weighted by Gasteiger charge is -2.05. The van der Waals surface area contributed by atoms with Crippen molar-refractivity contribution >= 4 is 16.8 Å². The van der Waals surface area contributed by atoms with Crippen LogP contribution >= 0.6 is 0 Å². The molecule has 2 aromatic carbocycles. The van der Waals surface area contributed by atoms with Gasteiger partial charge in [-0.05, 0) is 18.2 Å². The molecule has 0 fully saturated rings. The van der Waals surface area contributed by atoms with E-state index >= 15 is 0 Å². The molecule has 0 atom stereocenters. The summed E-state index contributed by atoms with van der Waals surface area (Å²) in [7, 11) is 0. The van der Waals surface area contributed by atoms with Crippen molar-refractivity contribution in [2.45, 2.75) is 6.54 Å². The Labute approximate surface area is 118 Å². The smallest absolute Gasteiger partial charge is 0.408 e. The van der Waals surface area contributed by atoms with Gasteiger partial charge in [0.15, 0.2) is 5.58 Å². The van der Waals surface area contributed by atoms with Gasteiger partial charge in [0.25, 0.3) is 0 Å². The number of benzene rings is 2. The van der Waals surface area contributed by atoms with Crippen LogP contribution in [0.2, 0.25) is 0 Å². The summed E-state index contributed by atoms with van der Waals surface area (Å²) in [5.41, 5.74) is 7.16. The summed E-state index contributed by atoms with van der Waals surface area (Å²) in [5, 5.41) is 8.83. The van der Waals surface area contributed by atoms with E-state index in [1.54, 1.807) is 24.3 Å². The van der Waals surface area contributed by atoms with E-state index in [1.165, 1.54) is 22.8 Å². The van der Waals surface area contributed by atoms with Crippen molar-refractivity contribution in [2.75, 3.05) is 5.73 Å². The van der Waals surface area contributed by atoms with Gasteiger partial charge in [0, 0.05) is 17.3 Å². The van der Waals surface area contributed by atoms with Crippen molar-refractivity contribution in [1.82, 2.24) is 4.57 Å². The van der Waals surface area contributed by atoms with Gasteiger partial charge in [-0.3, -0.25) is 4.57 Å². The van der Waals surface area contributed by atoms with Gasteiger partial charge >= 0.3 is 5.76 Å². The standard InChI is InChI=1S/C15H10FN3O2/c16-14-9(7-17)2-1-3-10(14)8-19-12-5-4-11(18)6-13(12)21-15(19)20/h1-6H,8,18H2. The number of anilines is 1. The van der Waals surface area contributed by atoms with Gasteiger partial charge in [-0.1, -0.05) is 12.1 Å². The molecule has 21 heavy (non-hydrogen) atoms. The first kappa shape index (κ1) is 12.9. The summed E-state index contributed by atoms with van der Waals surface area (Å²) in [6, 6.07) is 11.1. The van der Waals surface area contributed by atoms with Crippen LogP contribution in [0.25, 0.3) is 11.1 Å². The molecule has 6 heteroatoms. The van der Waals surface area contributed by atoms with Crippen LogP contribution in [0.3, 0.4) is 0 Å². The number of fused-ring (bicyclic) bond motifs is 1. The Morgan fingerprint density at radius 2 is 2.14 bits per heavy atom. The summed E-state index contributed by atoms with van der Waals surface area (Å²) in [5.74, 6) is -1.23. The number of nitrogen functional groups attached to an aromatic ring is 1. The molecule has 0 aliphatic carbocycles. The lowest BCUT2D eigenvalue weighted by Crippen LogP contribution is -2.15. The van der Waals surface area contributed by atoms with Crippen molar-refractivity contribution in [1.29, 1.82) is 5.26 Å². The Hall–Kier alpha value is -3.07. The molecule has 104 valence electrons. The molecule has 5 nitrogen and oxygen atoms in total. The second-order valence-corrected chi connectivity index (χ2v) is 4.57. The molecule has 0 unspecified atom stereocenters. The molecule has 0 aliphatic heterocycles. The maximum atomic E-state index is 14.1. The molecule has 0 saturated heterocycles. The number of rotatable bonds is 2. The fourth-order valence-corrected chi connectivity index (χ4v) is 2.19. The highest BCUT2D eigenvalue weighted by molar-refractivity contribution is 5.76. The number of nitrogens with zero attached hydrogens (tertiary/aromatic N) is 2. The van der Waals surface area contributed by atoms with Gasteiger partial charge in [0.2, 0.25) is 0 Å². The number of hydrogen-bond donors (Lipinski definition) is 1. The van der Waals surface area contributed by atoms with E-state index in [1.807, 2.05) is 0 Å². The fraction of sp³-hybridized carbons (Fsp3) is 0.0667. The molecule has 0 radical (unpaired) electrons. The molecule has 3 rings (SSSR count). The number of nitriles is 1. The lowest BCUT2D eigenvalue weighted by atomic mass is 10.1. The van der Waals surface area contributed by atoms with Crippen LogP contribution in [0.4, 0.5) is 10.1 Å². The second kappa shape index (κ2) is 4.80. The summed E-state index contributed by atoms with van der Waals surface area (Å²) in [6.45, 7) is -0.0168. The predicted molar refractivity (Wildman–Crippen MR) is 75.1 cm³/mol. The van der Waals surface area contributed by atoms with E-state index in [2.05, 4.69) is 0 Å². The maximum absolute atomic E-state index is 14.1. The van der Waals surface area contributed by atoms with Gasteiger partial charge < -0.3 is 10.2 Å². The average molecular weight is 283 g/mol. The van der Waals surface area contributed by atoms with Crippen LogP contribution in [0, 0.1) is 17.1 Å². The minimum Gasteiger partial charge on any atom is -0.408 e. The predicted octanol–water partition coefficient (Wildman–Crippen LogP) is 2.24. The number of nitrogens with two attached hydrogens (primary N) is 1. The topological polar surface area (TPSA) is 85.0 Å². The third-order valence-electron chi connectivity index (χ3n) is 3.22. The van der Waals surface area contributed by atoms with E-state index in [-0.39, 0.29) is 17.7 Å². The molecule has 0 spiro atoms. The third kappa shape index (κ3) is 2.15. The van der Waals surface area contributed by atoms with Crippen molar-refractivity contribution in [3.63, 3.8) is 0 Å². The molecule has 3 aromatic rings. The van der Waals surface area contributed by atoms with Gasteiger partial charge in [-0.15, -0.1) is 0 Å². The minimum absolute atomic E-state index is 0.0168. The van der Waals surface area contributed by atoms with Gasteiger partial charge in [-0.25, -0.2) is 9.18 Å². The number of halogens is 1. The highest BCUT2D eigenvalue weighted by Gasteiger charge is 2.13. The largest absolute Gasteiger partial charge is 0.420 e. The first-order valence-corrected chi connectivity index (χ1v) is 6.16. The van der Waals surface area contributed by atoms with Crippen LogP contribution < -0.4 is 11.5 Å². The molecule has 1 aromatic heterocycles. The van der Waals surface area contributed by atoms with E-state index in [9.17, 15) is 9.18 Å². The van der Waals surface area contributed by atoms with Gasteiger partial charge in [0.1, 0.15) is 11.9 Å². The first-order valence-electron chi connectivity index (χ1n) is 6.16. The van der Waals surface area contributed by atoms with Crippen molar-refractivity contribution < 1.29 is 8.81 Å². The number of hydrogen-bond acceptors (Lipinski definition) is 4. The molecule has 2 N–H and O–H groups in total. The molecule has 0 amide bonds. The molecule has 0 saturated carbocycles. The normalized spacial score (nSPS) is 10.7. The van der Waals surface area contributed by atoms with E-state index in [0.29, 0.717) is 16.8 Å². The maximum Gasteiger partial charge on any atom is 0.420 e. The van der Waals surface area contributed by atoms with Crippen LogP contribution in [0.15, 0.2) is 45.6 Å². The number of oxazole rings is 1. The molecule has 1 heterocycles. The molecule has 0 bridgehead atoms. The first-order chi connectivity index (χ1) is 10.1. The Kier molecular flexibility index (Phi) is 2.95. The zero-order chi connectivity index (χ0) is 15.0. The minimum atomic E-state index is -0.628. The number of aromatic nitrogens is 1. The van der Waals surface area contributed by atoms with Gasteiger partial charge in [-0.2, -0.15) is 5.26 Å². The quantitative estimate of drug-likeness (QED) is 0.731. The third-order valence-corrected chi connectivity index (χ3v) is 3.22. The molecular weight excluding hydrogens is 273 g/mol. The SMILES string of the molecule is N#Cc1cccc(Cn2c(=O)oc3cc(N)ccc32)c1F. The summed E-state index contributed by atoms with van der Waals surface area (Å²) in [6.07, 6.45) is 0. The zero-order valence-corrected chi connectivity index (χ0v) is 10.8. The van der Waals surface area contributed by atoms with E-state index < -0.39 is 11.6 Å².